The summed E-state index contributed by atoms with van der Waals surface area (Å²) in [6.45, 7) is 0. The summed E-state index contributed by atoms with van der Waals surface area (Å²) in [5, 5.41) is 3.49. The van der Waals surface area contributed by atoms with Crippen LogP contribution in [0.5, 0.6) is 11.5 Å². The van der Waals surface area contributed by atoms with Crippen molar-refractivity contribution in [3.8, 4) is 11.5 Å². The molecule has 0 spiro atoms. The summed E-state index contributed by atoms with van der Waals surface area (Å²) in [6.07, 6.45) is 0.321. The van der Waals surface area contributed by atoms with Crippen LogP contribution in [-0.2, 0) is 0 Å². The molecule has 0 aromatic heterocycles. The van der Waals surface area contributed by atoms with Gasteiger partial charge < -0.3 is 14.8 Å². The van der Waals surface area contributed by atoms with E-state index < -0.39 is 6.36 Å². The van der Waals surface area contributed by atoms with Crippen molar-refractivity contribution in [1.82, 2.24) is 0 Å². The Morgan fingerprint density at radius 2 is 1.88 bits per heavy atom. The number of ether oxygens (including phenoxy) is 2. The number of hydrogen-bond acceptors (Lipinski definition) is 3. The topological polar surface area (TPSA) is 30.5 Å². The van der Waals surface area contributed by atoms with Gasteiger partial charge in [0.2, 0.25) is 0 Å². The van der Waals surface area contributed by atoms with Gasteiger partial charge in [-0.15, -0.1) is 13.2 Å². The first kappa shape index (κ1) is 16.8. The molecule has 0 saturated carbocycles. The number of methoxy groups -OCH3 is 1. The van der Waals surface area contributed by atoms with E-state index in [9.17, 15) is 13.2 Å². The van der Waals surface area contributed by atoms with Gasteiger partial charge in [-0.25, -0.2) is 0 Å². The lowest BCUT2D eigenvalue weighted by atomic mass is 9.77. The Kier molecular flexibility index (Phi) is 4.05. The van der Waals surface area contributed by atoms with E-state index in [1.165, 1.54) is 12.1 Å². The van der Waals surface area contributed by atoms with Gasteiger partial charge in [-0.1, -0.05) is 30.4 Å². The lowest BCUT2D eigenvalue weighted by molar-refractivity contribution is -0.274. The van der Waals surface area contributed by atoms with Crippen molar-refractivity contribution in [2.75, 3.05) is 12.4 Å². The zero-order chi connectivity index (χ0) is 18.3. The van der Waals surface area contributed by atoms with Crippen LogP contribution in [0, 0.1) is 5.92 Å². The molecule has 0 radical (unpaired) electrons. The number of nitrogens with one attached hydrogen (secondary N) is 1. The predicted octanol–water partition coefficient (Wildman–Crippen LogP) is 5.42. The number of allylic oxidation sites excluding steroid dienone is 2. The first-order chi connectivity index (χ1) is 12.5. The maximum atomic E-state index is 12.5. The number of anilines is 1. The predicted molar refractivity (Wildman–Crippen MR) is 92.5 cm³/mol. The lowest BCUT2D eigenvalue weighted by Gasteiger charge is -2.38. The van der Waals surface area contributed by atoms with Gasteiger partial charge in [-0.2, -0.15) is 0 Å². The molecule has 0 saturated heterocycles. The van der Waals surface area contributed by atoms with E-state index in [-0.39, 0.29) is 23.6 Å². The van der Waals surface area contributed by atoms with Gasteiger partial charge in [0.05, 0.1) is 13.2 Å². The molecular weight excluding hydrogens is 343 g/mol. The number of benzene rings is 2. The molecule has 0 fully saturated rings. The Morgan fingerprint density at radius 1 is 1.08 bits per heavy atom. The molecule has 26 heavy (non-hydrogen) atoms. The highest BCUT2D eigenvalue weighted by Crippen LogP contribution is 2.51. The fraction of sp³-hybridized carbons (Fsp3) is 0.300. The first-order valence-corrected chi connectivity index (χ1v) is 8.42. The van der Waals surface area contributed by atoms with Crippen LogP contribution >= 0.6 is 0 Å². The van der Waals surface area contributed by atoms with Crippen LogP contribution in [-0.4, -0.2) is 13.5 Å². The number of fused-ring (bicyclic) bond motifs is 3. The van der Waals surface area contributed by atoms with Gasteiger partial charge in [0, 0.05) is 17.2 Å². The summed E-state index contributed by atoms with van der Waals surface area (Å²) in [7, 11) is 1.64. The van der Waals surface area contributed by atoms with Crippen molar-refractivity contribution in [3.63, 3.8) is 0 Å². The molecule has 4 rings (SSSR count). The minimum absolute atomic E-state index is 0.0213. The summed E-state index contributed by atoms with van der Waals surface area (Å²) in [5.41, 5.74) is 2.70. The Morgan fingerprint density at radius 3 is 2.65 bits per heavy atom. The highest BCUT2D eigenvalue weighted by molar-refractivity contribution is 5.62. The molecule has 0 bridgehead atoms. The summed E-state index contributed by atoms with van der Waals surface area (Å²) in [4.78, 5) is 0. The maximum Gasteiger partial charge on any atom is 0.573 e. The second-order valence-electron chi connectivity index (χ2n) is 6.51. The van der Waals surface area contributed by atoms with Gasteiger partial charge in [0.15, 0.2) is 0 Å². The zero-order valence-corrected chi connectivity index (χ0v) is 14.1. The minimum atomic E-state index is -4.69. The zero-order valence-electron chi connectivity index (χ0n) is 14.1. The van der Waals surface area contributed by atoms with Crippen molar-refractivity contribution in [2.24, 2.45) is 5.92 Å². The Labute approximate surface area is 149 Å². The number of alkyl halides is 3. The van der Waals surface area contributed by atoms with Crippen LogP contribution in [0.15, 0.2) is 54.6 Å². The molecule has 3 atom stereocenters. The van der Waals surface area contributed by atoms with Gasteiger partial charge in [0.1, 0.15) is 11.5 Å². The van der Waals surface area contributed by atoms with Gasteiger partial charge in [-0.3, -0.25) is 0 Å². The summed E-state index contributed by atoms with van der Waals surface area (Å²) in [6, 6.07) is 12.3. The van der Waals surface area contributed by atoms with E-state index in [1.54, 1.807) is 13.2 Å². The van der Waals surface area contributed by atoms with E-state index in [1.807, 2.05) is 24.3 Å². The van der Waals surface area contributed by atoms with Crippen LogP contribution < -0.4 is 14.8 Å². The third-order valence-corrected chi connectivity index (χ3v) is 5.04. The lowest BCUT2D eigenvalue weighted by Crippen LogP contribution is -2.29. The summed E-state index contributed by atoms with van der Waals surface area (Å²) >= 11 is 0. The molecular formula is C20H18F3NO2. The number of hydrogen-bond donors (Lipinski definition) is 1. The summed E-state index contributed by atoms with van der Waals surface area (Å²) < 4.78 is 47.2. The second-order valence-corrected chi connectivity index (χ2v) is 6.51. The van der Waals surface area contributed by atoms with Crippen molar-refractivity contribution in [1.29, 1.82) is 0 Å². The van der Waals surface area contributed by atoms with Crippen molar-refractivity contribution in [2.45, 2.75) is 24.7 Å². The van der Waals surface area contributed by atoms with E-state index >= 15 is 0 Å². The quantitative estimate of drug-likeness (QED) is 0.741. The SMILES string of the molecule is COc1ccccc1C1Nc2ccc(OC(F)(F)F)cc2C2C=CCC21. The molecule has 2 aromatic carbocycles. The average Bonchev–Trinajstić information content (AvgIpc) is 3.10. The van der Waals surface area contributed by atoms with E-state index in [0.717, 1.165) is 29.0 Å². The van der Waals surface area contributed by atoms with E-state index in [2.05, 4.69) is 22.2 Å². The van der Waals surface area contributed by atoms with Crippen molar-refractivity contribution in [3.05, 3.63) is 65.7 Å². The maximum absolute atomic E-state index is 12.5. The normalized spacial score (nSPS) is 23.8. The Hall–Kier alpha value is -2.63. The minimum Gasteiger partial charge on any atom is -0.496 e. The number of halogens is 3. The monoisotopic (exact) mass is 361 g/mol. The van der Waals surface area contributed by atoms with Gasteiger partial charge >= 0.3 is 6.36 Å². The number of para-hydroxylation sites is 1. The first-order valence-electron chi connectivity index (χ1n) is 8.42. The molecule has 6 heteroatoms. The molecule has 1 aliphatic heterocycles. The number of rotatable bonds is 3. The molecule has 1 N–H and O–H groups in total. The van der Waals surface area contributed by atoms with Crippen LogP contribution in [0.3, 0.4) is 0 Å². The van der Waals surface area contributed by atoms with E-state index in [4.69, 9.17) is 4.74 Å². The molecule has 136 valence electrons. The van der Waals surface area contributed by atoms with Crippen LogP contribution in [0.1, 0.15) is 29.5 Å². The molecule has 1 aliphatic carbocycles. The largest absolute Gasteiger partial charge is 0.573 e. The highest BCUT2D eigenvalue weighted by Gasteiger charge is 2.39. The van der Waals surface area contributed by atoms with Gasteiger partial charge in [-0.05, 0) is 42.2 Å². The van der Waals surface area contributed by atoms with Crippen molar-refractivity contribution < 1.29 is 22.6 Å². The molecule has 2 aliphatic rings. The smallest absolute Gasteiger partial charge is 0.496 e. The summed E-state index contributed by atoms with van der Waals surface area (Å²) in [5.74, 6) is 0.863. The fourth-order valence-electron chi connectivity index (χ4n) is 4.00. The molecule has 1 heterocycles. The molecule has 3 unspecified atom stereocenters. The fourth-order valence-corrected chi connectivity index (χ4v) is 4.00. The average molecular weight is 361 g/mol. The van der Waals surface area contributed by atoms with Crippen LogP contribution in [0.25, 0.3) is 0 Å². The molecule has 2 aromatic rings. The van der Waals surface area contributed by atoms with Crippen molar-refractivity contribution >= 4 is 5.69 Å². The second kappa shape index (κ2) is 6.27. The van der Waals surface area contributed by atoms with Crippen LogP contribution in [0.4, 0.5) is 18.9 Å². The highest BCUT2D eigenvalue weighted by atomic mass is 19.4. The molecule has 0 amide bonds. The standard InChI is InChI=1S/C20H18F3NO2/c1-25-18-8-3-2-5-15(18)19-14-7-4-6-13(14)16-11-12(26-20(21,22)23)9-10-17(16)24-19/h2-6,8-11,13-14,19,24H,7H2,1H3. The third kappa shape index (κ3) is 3.00. The Bertz CT molecular complexity index is 847. The molecule has 3 nitrogen and oxygen atoms in total. The van der Waals surface area contributed by atoms with Crippen LogP contribution in [0.2, 0.25) is 0 Å². The Balaban J connectivity index is 1.73. The van der Waals surface area contributed by atoms with E-state index in [0.29, 0.717) is 0 Å². The van der Waals surface area contributed by atoms with Gasteiger partial charge in [0.25, 0.3) is 0 Å². The third-order valence-electron chi connectivity index (χ3n) is 5.04.